The third kappa shape index (κ3) is 1.73. The summed E-state index contributed by atoms with van der Waals surface area (Å²) in [5.74, 6) is -1.46. The van der Waals surface area contributed by atoms with Gasteiger partial charge in [0.25, 0.3) is 0 Å². The zero-order valence-electron chi connectivity index (χ0n) is 6.51. The molecule has 70 valence electrons. The molecule has 1 aromatic rings. The van der Waals surface area contributed by atoms with E-state index in [0.717, 1.165) is 11.3 Å². The van der Waals surface area contributed by atoms with E-state index in [2.05, 4.69) is 5.18 Å². The predicted octanol–water partition coefficient (Wildman–Crippen LogP) is 0.787. The molecule has 2 N–H and O–H groups in total. The lowest BCUT2D eigenvalue weighted by Gasteiger charge is -2.17. The van der Waals surface area contributed by atoms with Crippen molar-refractivity contribution in [3.05, 3.63) is 27.3 Å². The molecule has 0 aliphatic carbocycles. The van der Waals surface area contributed by atoms with Gasteiger partial charge in [-0.15, -0.1) is 11.3 Å². The van der Waals surface area contributed by atoms with Gasteiger partial charge in [-0.3, -0.25) is 0 Å². The van der Waals surface area contributed by atoms with Crippen molar-refractivity contribution in [3.63, 3.8) is 0 Å². The van der Waals surface area contributed by atoms with E-state index in [4.69, 9.17) is 5.11 Å². The minimum absolute atomic E-state index is 0.208. The first-order chi connectivity index (χ1) is 6.11. The number of nitroso groups, excluding NO2 is 1. The van der Waals surface area contributed by atoms with Gasteiger partial charge in [-0.1, -0.05) is 11.2 Å². The van der Waals surface area contributed by atoms with Crippen molar-refractivity contribution < 1.29 is 15.0 Å². The Kier molecular flexibility index (Phi) is 2.74. The van der Waals surface area contributed by atoms with Crippen molar-refractivity contribution in [1.82, 2.24) is 0 Å². The maximum absolute atomic E-state index is 10.7. The van der Waals surface area contributed by atoms with Crippen molar-refractivity contribution in [1.29, 1.82) is 0 Å². The number of nitrogens with zero attached hydrogens (tertiary/aromatic N) is 1. The Bertz CT molecular complexity index is 310. The fourth-order valence-corrected chi connectivity index (χ4v) is 1.67. The SMILES string of the molecule is O=NCC(O)(C(=O)O)c1cccs1. The molecule has 0 spiro atoms. The van der Waals surface area contributed by atoms with Gasteiger partial charge in [-0.2, -0.15) is 4.91 Å². The highest BCUT2D eigenvalue weighted by Crippen LogP contribution is 2.26. The topological polar surface area (TPSA) is 87.0 Å². The van der Waals surface area contributed by atoms with E-state index in [1.165, 1.54) is 6.07 Å². The van der Waals surface area contributed by atoms with Crippen LogP contribution in [0.2, 0.25) is 0 Å². The highest BCUT2D eigenvalue weighted by molar-refractivity contribution is 7.10. The Morgan fingerprint density at radius 2 is 2.38 bits per heavy atom. The molecule has 1 unspecified atom stereocenters. The molecule has 1 rings (SSSR count). The van der Waals surface area contributed by atoms with E-state index >= 15 is 0 Å². The first-order valence-electron chi connectivity index (χ1n) is 3.40. The molecule has 0 radical (unpaired) electrons. The zero-order valence-corrected chi connectivity index (χ0v) is 7.32. The van der Waals surface area contributed by atoms with Crippen LogP contribution >= 0.6 is 11.3 Å². The Labute approximate surface area is 77.6 Å². The molecule has 0 saturated heterocycles. The van der Waals surface area contributed by atoms with Gasteiger partial charge in [0.2, 0.25) is 5.60 Å². The first kappa shape index (κ1) is 9.82. The van der Waals surface area contributed by atoms with Gasteiger partial charge in [0.15, 0.2) is 0 Å². The van der Waals surface area contributed by atoms with E-state index in [-0.39, 0.29) is 4.88 Å². The first-order valence-corrected chi connectivity index (χ1v) is 4.28. The van der Waals surface area contributed by atoms with Gasteiger partial charge in [-0.25, -0.2) is 4.79 Å². The Hall–Kier alpha value is -1.27. The second-order valence-electron chi connectivity index (χ2n) is 2.43. The van der Waals surface area contributed by atoms with Crippen molar-refractivity contribution >= 4 is 17.3 Å². The van der Waals surface area contributed by atoms with Crippen LogP contribution in [0.3, 0.4) is 0 Å². The number of hydrogen-bond acceptors (Lipinski definition) is 5. The number of carbonyl (C=O) groups is 1. The van der Waals surface area contributed by atoms with Crippen LogP contribution in [0.25, 0.3) is 0 Å². The number of aliphatic hydroxyl groups is 1. The van der Waals surface area contributed by atoms with Crippen LogP contribution in [-0.4, -0.2) is 22.7 Å². The van der Waals surface area contributed by atoms with E-state index < -0.39 is 18.1 Å². The van der Waals surface area contributed by atoms with Gasteiger partial charge in [0, 0.05) is 4.88 Å². The lowest BCUT2D eigenvalue weighted by molar-refractivity contribution is -0.158. The summed E-state index contributed by atoms with van der Waals surface area (Å²) in [6.07, 6.45) is 0. The van der Waals surface area contributed by atoms with Crippen molar-refractivity contribution in [2.75, 3.05) is 6.54 Å². The Morgan fingerprint density at radius 1 is 1.69 bits per heavy atom. The molecular weight excluding hydrogens is 194 g/mol. The lowest BCUT2D eigenvalue weighted by Crippen LogP contribution is -2.37. The summed E-state index contributed by atoms with van der Waals surface area (Å²) in [6.45, 7) is -0.678. The molecule has 0 aliphatic rings. The number of hydrogen-bond donors (Lipinski definition) is 2. The standard InChI is InChI=1S/C7H7NO4S/c9-6(10)7(11,4-8-12)5-2-1-3-13-5/h1-3,11H,4H2,(H,9,10). The molecule has 0 aromatic carbocycles. The third-order valence-electron chi connectivity index (χ3n) is 1.58. The van der Waals surface area contributed by atoms with Crippen LogP contribution < -0.4 is 0 Å². The van der Waals surface area contributed by atoms with Crippen LogP contribution in [0, 0.1) is 4.91 Å². The summed E-state index contributed by atoms with van der Waals surface area (Å²) in [4.78, 5) is 20.8. The van der Waals surface area contributed by atoms with Gasteiger partial charge >= 0.3 is 5.97 Å². The fraction of sp³-hybridized carbons (Fsp3) is 0.286. The normalized spacial score (nSPS) is 14.8. The van der Waals surface area contributed by atoms with Crippen LogP contribution in [0.4, 0.5) is 0 Å². The molecule has 0 amide bonds. The van der Waals surface area contributed by atoms with E-state index in [9.17, 15) is 14.8 Å². The number of aliphatic carboxylic acids is 1. The quantitative estimate of drug-likeness (QED) is 0.705. The number of thiophene rings is 1. The second kappa shape index (κ2) is 3.63. The second-order valence-corrected chi connectivity index (χ2v) is 3.38. The van der Waals surface area contributed by atoms with Crippen molar-refractivity contribution in [2.24, 2.45) is 5.18 Å². The third-order valence-corrected chi connectivity index (χ3v) is 2.60. The summed E-state index contributed by atoms with van der Waals surface area (Å²) in [6, 6.07) is 3.04. The molecule has 0 aliphatic heterocycles. The predicted molar refractivity (Wildman–Crippen MR) is 46.5 cm³/mol. The largest absolute Gasteiger partial charge is 0.479 e. The van der Waals surface area contributed by atoms with Crippen molar-refractivity contribution in [3.8, 4) is 0 Å². The zero-order chi connectivity index (χ0) is 9.90. The molecule has 13 heavy (non-hydrogen) atoms. The number of rotatable bonds is 4. The van der Waals surface area contributed by atoms with Crippen LogP contribution in [0.1, 0.15) is 4.88 Å². The summed E-state index contributed by atoms with van der Waals surface area (Å²) < 4.78 is 0. The van der Waals surface area contributed by atoms with Gasteiger partial charge in [0.1, 0.15) is 6.54 Å². The Morgan fingerprint density at radius 3 is 2.77 bits per heavy atom. The number of carboxylic acids is 1. The minimum Gasteiger partial charge on any atom is -0.479 e. The van der Waals surface area contributed by atoms with E-state index in [0.29, 0.717) is 0 Å². The summed E-state index contributed by atoms with van der Waals surface area (Å²) >= 11 is 1.07. The summed E-state index contributed by atoms with van der Waals surface area (Å²) in [5, 5.41) is 22.3. The number of carboxylic acid groups (broad SMARTS) is 1. The fourth-order valence-electron chi connectivity index (χ4n) is 0.858. The summed E-state index contributed by atoms with van der Waals surface area (Å²) in [7, 11) is 0. The van der Waals surface area contributed by atoms with Gasteiger partial charge in [0.05, 0.1) is 0 Å². The molecular formula is C7H7NO4S. The van der Waals surface area contributed by atoms with Gasteiger partial charge in [-0.05, 0) is 11.4 Å². The average molecular weight is 201 g/mol. The maximum Gasteiger partial charge on any atom is 0.343 e. The summed E-state index contributed by atoms with van der Waals surface area (Å²) in [5.41, 5.74) is -2.17. The molecule has 0 fully saturated rings. The molecule has 0 bridgehead atoms. The molecule has 5 nitrogen and oxygen atoms in total. The molecule has 1 atom stereocenters. The Balaban J connectivity index is 3.05. The smallest absolute Gasteiger partial charge is 0.343 e. The maximum atomic E-state index is 10.7. The molecule has 1 aromatic heterocycles. The van der Waals surface area contributed by atoms with Crippen LogP contribution in [-0.2, 0) is 10.4 Å². The highest BCUT2D eigenvalue weighted by Gasteiger charge is 2.39. The monoisotopic (exact) mass is 201 g/mol. The molecule has 1 heterocycles. The molecule has 6 heteroatoms. The molecule has 0 saturated carbocycles. The van der Waals surface area contributed by atoms with E-state index in [1.54, 1.807) is 11.4 Å². The minimum atomic E-state index is -2.17. The lowest BCUT2D eigenvalue weighted by atomic mass is 10.0. The van der Waals surface area contributed by atoms with Crippen molar-refractivity contribution in [2.45, 2.75) is 5.60 Å². The highest BCUT2D eigenvalue weighted by atomic mass is 32.1. The average Bonchev–Trinajstić information content (AvgIpc) is 2.56. The van der Waals surface area contributed by atoms with Crippen LogP contribution in [0.5, 0.6) is 0 Å². The van der Waals surface area contributed by atoms with Gasteiger partial charge < -0.3 is 10.2 Å². The van der Waals surface area contributed by atoms with Crippen LogP contribution in [0.15, 0.2) is 22.7 Å². The van der Waals surface area contributed by atoms with E-state index in [1.807, 2.05) is 0 Å².